The molecule has 0 atom stereocenters. The highest BCUT2D eigenvalue weighted by atomic mass is 35.5. The lowest BCUT2D eigenvalue weighted by Crippen LogP contribution is -2.27. The summed E-state index contributed by atoms with van der Waals surface area (Å²) in [5.74, 6) is 0.695. The molecule has 0 bridgehead atoms. The van der Waals surface area contributed by atoms with Crippen LogP contribution in [0.5, 0.6) is 0 Å². The van der Waals surface area contributed by atoms with Crippen LogP contribution >= 0.6 is 11.6 Å². The molecule has 1 aromatic heterocycles. The van der Waals surface area contributed by atoms with Gasteiger partial charge in [0.05, 0.1) is 22.3 Å². The lowest BCUT2D eigenvalue weighted by molar-refractivity contribution is -0.121. The molecule has 5 heteroatoms. The van der Waals surface area contributed by atoms with Crippen LogP contribution < -0.4 is 5.56 Å². The first-order chi connectivity index (χ1) is 9.65. The van der Waals surface area contributed by atoms with Gasteiger partial charge in [-0.3, -0.25) is 14.2 Å². The number of hydrogen-bond acceptors (Lipinski definition) is 3. The summed E-state index contributed by atoms with van der Waals surface area (Å²) in [6, 6.07) is 5.27. The van der Waals surface area contributed by atoms with Crippen molar-refractivity contribution in [3.63, 3.8) is 0 Å². The number of Topliss-reactive ketones (excluding diaryl/α,β-unsaturated/α-hetero) is 1. The molecule has 1 aliphatic rings. The van der Waals surface area contributed by atoms with E-state index in [-0.39, 0.29) is 5.56 Å². The van der Waals surface area contributed by atoms with Crippen LogP contribution in [0.4, 0.5) is 0 Å². The molecule has 3 rings (SSSR count). The van der Waals surface area contributed by atoms with E-state index in [1.165, 1.54) is 0 Å². The summed E-state index contributed by atoms with van der Waals surface area (Å²) in [6.07, 6.45) is 4.54. The number of halogens is 1. The smallest absolute Gasteiger partial charge is 0.262 e. The Hall–Kier alpha value is -1.68. The van der Waals surface area contributed by atoms with Gasteiger partial charge in [-0.05, 0) is 30.9 Å². The highest BCUT2D eigenvalue weighted by Crippen LogP contribution is 2.23. The van der Waals surface area contributed by atoms with Crippen LogP contribution in [-0.4, -0.2) is 15.3 Å². The zero-order valence-electron chi connectivity index (χ0n) is 11.0. The number of ketones is 1. The summed E-state index contributed by atoms with van der Waals surface area (Å²) in [5, 5.41) is 0.914. The van der Waals surface area contributed by atoms with Gasteiger partial charge in [0.2, 0.25) is 0 Å². The number of rotatable bonds is 2. The number of hydrogen-bond donors (Lipinski definition) is 0. The molecule has 20 heavy (non-hydrogen) atoms. The summed E-state index contributed by atoms with van der Waals surface area (Å²) >= 11 is 6.10. The minimum Gasteiger partial charge on any atom is -0.300 e. The van der Waals surface area contributed by atoms with Crippen molar-refractivity contribution < 1.29 is 4.79 Å². The molecule has 104 valence electrons. The fourth-order valence-electron chi connectivity index (χ4n) is 2.75. The Balaban J connectivity index is 1.93. The largest absolute Gasteiger partial charge is 0.300 e. The Kier molecular flexibility index (Phi) is 3.57. The summed E-state index contributed by atoms with van der Waals surface area (Å²) in [6.45, 7) is 0.611. The molecule has 0 spiro atoms. The number of aromatic nitrogens is 2. The van der Waals surface area contributed by atoms with Crippen molar-refractivity contribution in [2.45, 2.75) is 32.2 Å². The quantitative estimate of drug-likeness (QED) is 0.854. The zero-order chi connectivity index (χ0) is 14.1. The zero-order valence-corrected chi connectivity index (χ0v) is 11.8. The van der Waals surface area contributed by atoms with Gasteiger partial charge in [0.1, 0.15) is 5.78 Å². The van der Waals surface area contributed by atoms with Crippen molar-refractivity contribution in [2.75, 3.05) is 0 Å². The third-order valence-corrected chi connectivity index (χ3v) is 4.24. The molecule has 0 unspecified atom stereocenters. The SMILES string of the molecule is O=C1CCC(Cn2cnc3cccc(Cl)c3c2=O)CC1. The van der Waals surface area contributed by atoms with E-state index in [1.807, 2.05) is 0 Å². The minimum atomic E-state index is -0.0995. The third-order valence-electron chi connectivity index (χ3n) is 3.92. The van der Waals surface area contributed by atoms with Gasteiger partial charge < -0.3 is 0 Å². The van der Waals surface area contributed by atoms with Crippen molar-refractivity contribution in [1.82, 2.24) is 9.55 Å². The maximum absolute atomic E-state index is 12.5. The van der Waals surface area contributed by atoms with Gasteiger partial charge in [-0.2, -0.15) is 0 Å². The summed E-state index contributed by atoms with van der Waals surface area (Å²) in [4.78, 5) is 28.0. The second-order valence-corrected chi connectivity index (χ2v) is 5.73. The molecular formula is C15H15ClN2O2. The predicted octanol–water partition coefficient (Wildman–Crippen LogP) is 2.81. The van der Waals surface area contributed by atoms with Crippen LogP contribution in [0.3, 0.4) is 0 Å². The average molecular weight is 291 g/mol. The van der Waals surface area contributed by atoms with E-state index < -0.39 is 0 Å². The van der Waals surface area contributed by atoms with Gasteiger partial charge in [0, 0.05) is 19.4 Å². The fraction of sp³-hybridized carbons (Fsp3) is 0.400. The van der Waals surface area contributed by atoms with Crippen molar-refractivity contribution >= 4 is 28.3 Å². The molecule has 0 radical (unpaired) electrons. The van der Waals surface area contributed by atoms with E-state index in [0.29, 0.717) is 47.0 Å². The van der Waals surface area contributed by atoms with Crippen LogP contribution in [0.25, 0.3) is 10.9 Å². The van der Waals surface area contributed by atoms with Gasteiger partial charge in [0.25, 0.3) is 5.56 Å². The average Bonchev–Trinajstić information content (AvgIpc) is 2.44. The molecule has 0 amide bonds. The Bertz CT molecular complexity index is 713. The second-order valence-electron chi connectivity index (χ2n) is 5.32. The molecule has 4 nitrogen and oxygen atoms in total. The highest BCUT2D eigenvalue weighted by Gasteiger charge is 2.20. The number of nitrogens with zero attached hydrogens (tertiary/aromatic N) is 2. The van der Waals surface area contributed by atoms with Crippen molar-refractivity contribution in [3.05, 3.63) is 39.9 Å². The molecule has 0 saturated heterocycles. The first kappa shape index (κ1) is 13.3. The van der Waals surface area contributed by atoms with Crippen LogP contribution in [-0.2, 0) is 11.3 Å². The minimum absolute atomic E-state index is 0.0995. The maximum Gasteiger partial charge on any atom is 0.262 e. The first-order valence-corrected chi connectivity index (χ1v) is 7.18. The van der Waals surface area contributed by atoms with Crippen molar-refractivity contribution in [2.24, 2.45) is 5.92 Å². The molecule has 1 heterocycles. The third kappa shape index (κ3) is 2.48. The molecule has 1 saturated carbocycles. The molecule has 2 aromatic rings. The van der Waals surface area contributed by atoms with Gasteiger partial charge in [-0.1, -0.05) is 17.7 Å². The fourth-order valence-corrected chi connectivity index (χ4v) is 3.00. The lowest BCUT2D eigenvalue weighted by Gasteiger charge is -2.21. The molecule has 1 aromatic carbocycles. The maximum atomic E-state index is 12.5. The lowest BCUT2D eigenvalue weighted by atomic mass is 9.88. The van der Waals surface area contributed by atoms with Crippen LogP contribution in [0.15, 0.2) is 29.3 Å². The number of carbonyl (C=O) groups excluding carboxylic acids is 1. The van der Waals surface area contributed by atoms with Gasteiger partial charge in [0.15, 0.2) is 0 Å². The molecule has 1 fully saturated rings. The predicted molar refractivity (Wildman–Crippen MR) is 78.0 cm³/mol. The van der Waals surface area contributed by atoms with E-state index in [2.05, 4.69) is 4.98 Å². The highest BCUT2D eigenvalue weighted by molar-refractivity contribution is 6.35. The van der Waals surface area contributed by atoms with E-state index in [9.17, 15) is 9.59 Å². The van der Waals surface area contributed by atoms with Crippen molar-refractivity contribution in [3.8, 4) is 0 Å². The summed E-state index contributed by atoms with van der Waals surface area (Å²) in [5.41, 5.74) is 0.523. The Labute approximate surface area is 121 Å². The number of carbonyl (C=O) groups is 1. The molecule has 0 aliphatic heterocycles. The van der Waals surface area contributed by atoms with Gasteiger partial charge in [-0.15, -0.1) is 0 Å². The Morgan fingerprint density at radius 1 is 1.25 bits per heavy atom. The molecular weight excluding hydrogens is 276 g/mol. The second kappa shape index (κ2) is 5.37. The Morgan fingerprint density at radius 3 is 2.75 bits per heavy atom. The standard InChI is InChI=1S/C15H15ClN2O2/c16-12-2-1-3-13-14(12)15(20)18(9-17-13)8-10-4-6-11(19)7-5-10/h1-3,9-10H,4-8H2. The first-order valence-electron chi connectivity index (χ1n) is 6.80. The van der Waals surface area contributed by atoms with Crippen LogP contribution in [0.1, 0.15) is 25.7 Å². The summed E-state index contributed by atoms with van der Waals surface area (Å²) in [7, 11) is 0. The van der Waals surface area contributed by atoms with E-state index >= 15 is 0 Å². The van der Waals surface area contributed by atoms with E-state index in [0.717, 1.165) is 12.8 Å². The van der Waals surface area contributed by atoms with E-state index in [1.54, 1.807) is 29.1 Å². The monoisotopic (exact) mass is 290 g/mol. The Morgan fingerprint density at radius 2 is 2.00 bits per heavy atom. The normalized spacial score (nSPS) is 16.8. The molecule has 0 N–H and O–H groups in total. The topological polar surface area (TPSA) is 52.0 Å². The van der Waals surface area contributed by atoms with Crippen LogP contribution in [0.2, 0.25) is 5.02 Å². The van der Waals surface area contributed by atoms with Gasteiger partial charge in [-0.25, -0.2) is 4.98 Å². The number of benzene rings is 1. The van der Waals surface area contributed by atoms with Gasteiger partial charge >= 0.3 is 0 Å². The van der Waals surface area contributed by atoms with E-state index in [4.69, 9.17) is 11.6 Å². The van der Waals surface area contributed by atoms with Crippen molar-refractivity contribution in [1.29, 1.82) is 0 Å². The van der Waals surface area contributed by atoms with Crippen LogP contribution in [0, 0.1) is 5.92 Å². The number of fused-ring (bicyclic) bond motifs is 1. The molecule has 1 aliphatic carbocycles. The summed E-state index contributed by atoms with van der Waals surface area (Å²) < 4.78 is 1.62.